The highest BCUT2D eigenvalue weighted by atomic mass is 32.2. The molecule has 2 aliphatic rings. The Labute approximate surface area is 153 Å². The molecule has 0 unspecified atom stereocenters. The van der Waals surface area contributed by atoms with Gasteiger partial charge in [-0.05, 0) is 37.6 Å². The van der Waals surface area contributed by atoms with Crippen LogP contribution >= 0.6 is 11.3 Å². The summed E-state index contributed by atoms with van der Waals surface area (Å²) in [6, 6.07) is 4.07. The van der Waals surface area contributed by atoms with E-state index in [1.807, 2.05) is 18.4 Å². The molecule has 3 heterocycles. The van der Waals surface area contributed by atoms with Crippen LogP contribution in [0.1, 0.15) is 31.1 Å². The molecule has 8 heteroatoms. The van der Waals surface area contributed by atoms with Crippen molar-refractivity contribution in [3.05, 3.63) is 22.4 Å². The molecule has 0 saturated carbocycles. The van der Waals surface area contributed by atoms with Crippen molar-refractivity contribution in [3.63, 3.8) is 0 Å². The van der Waals surface area contributed by atoms with Crippen LogP contribution in [0.3, 0.4) is 0 Å². The second-order valence-corrected chi connectivity index (χ2v) is 10.6. The Bertz CT molecular complexity index is 684. The maximum atomic E-state index is 12.5. The molecule has 1 aromatic rings. The van der Waals surface area contributed by atoms with Crippen molar-refractivity contribution in [2.75, 3.05) is 31.2 Å². The van der Waals surface area contributed by atoms with E-state index in [4.69, 9.17) is 4.74 Å². The van der Waals surface area contributed by atoms with E-state index in [9.17, 15) is 13.2 Å². The van der Waals surface area contributed by atoms with Crippen molar-refractivity contribution >= 4 is 27.1 Å². The number of carbonyl (C=O) groups is 1. The first-order chi connectivity index (χ1) is 11.8. The quantitative estimate of drug-likeness (QED) is 0.767. The summed E-state index contributed by atoms with van der Waals surface area (Å²) in [6.07, 6.45) is 2.76. The first-order valence-corrected chi connectivity index (χ1v) is 11.4. The Morgan fingerprint density at radius 2 is 2.36 bits per heavy atom. The average molecular weight is 387 g/mol. The van der Waals surface area contributed by atoms with Gasteiger partial charge in [-0.1, -0.05) is 6.07 Å². The summed E-state index contributed by atoms with van der Waals surface area (Å²) in [4.78, 5) is 15.9. The average Bonchev–Trinajstić information content (AvgIpc) is 3.22. The van der Waals surface area contributed by atoms with Crippen LogP contribution < -0.4 is 5.32 Å². The topological polar surface area (TPSA) is 75.7 Å². The molecule has 0 spiro atoms. The summed E-state index contributed by atoms with van der Waals surface area (Å²) >= 11 is 1.67. The molecule has 2 aliphatic heterocycles. The highest BCUT2D eigenvalue weighted by molar-refractivity contribution is 7.91. The molecule has 0 radical (unpaired) electrons. The Hall–Kier alpha value is -0.960. The first-order valence-electron chi connectivity index (χ1n) is 8.71. The predicted molar refractivity (Wildman–Crippen MR) is 98.4 cm³/mol. The molecule has 25 heavy (non-hydrogen) atoms. The minimum Gasteiger partial charge on any atom is -0.377 e. The molecular formula is C17H26N2O4S2. The SMILES string of the molecule is C[C@]1(NC(=O)CN(Cc2cccs2)C[C@H]2CCCO2)CCS(=O)(=O)C1. The third-order valence-electron chi connectivity index (χ3n) is 4.76. The lowest BCUT2D eigenvalue weighted by molar-refractivity contribution is -0.124. The fraction of sp³-hybridized carbons (Fsp3) is 0.706. The van der Waals surface area contributed by atoms with Gasteiger partial charge in [0, 0.05) is 24.6 Å². The normalized spacial score (nSPS) is 28.5. The Morgan fingerprint density at radius 1 is 1.52 bits per heavy atom. The summed E-state index contributed by atoms with van der Waals surface area (Å²) in [5.74, 6) is 0.0650. The van der Waals surface area contributed by atoms with Gasteiger partial charge in [0.25, 0.3) is 0 Å². The smallest absolute Gasteiger partial charge is 0.234 e. The third-order valence-corrected chi connectivity index (χ3v) is 7.52. The van der Waals surface area contributed by atoms with Crippen LogP contribution in [0.5, 0.6) is 0 Å². The van der Waals surface area contributed by atoms with Crippen molar-refractivity contribution in [1.29, 1.82) is 0 Å². The number of nitrogens with one attached hydrogen (secondary N) is 1. The van der Waals surface area contributed by atoms with E-state index >= 15 is 0 Å². The van der Waals surface area contributed by atoms with Crippen molar-refractivity contribution < 1.29 is 17.9 Å². The molecule has 0 aliphatic carbocycles. The monoisotopic (exact) mass is 386 g/mol. The number of sulfone groups is 1. The van der Waals surface area contributed by atoms with E-state index in [2.05, 4.69) is 16.3 Å². The van der Waals surface area contributed by atoms with Gasteiger partial charge in [-0.25, -0.2) is 8.42 Å². The van der Waals surface area contributed by atoms with E-state index in [0.717, 1.165) is 26.0 Å². The van der Waals surface area contributed by atoms with E-state index in [-0.39, 0.29) is 30.1 Å². The fourth-order valence-electron chi connectivity index (χ4n) is 3.57. The maximum absolute atomic E-state index is 12.5. The fourth-order valence-corrected chi connectivity index (χ4v) is 6.41. The molecule has 2 saturated heterocycles. The number of ether oxygens (including phenoxy) is 1. The van der Waals surface area contributed by atoms with Gasteiger partial charge in [0.2, 0.25) is 5.91 Å². The largest absolute Gasteiger partial charge is 0.377 e. The minimum absolute atomic E-state index is 0.0302. The zero-order chi connectivity index (χ0) is 17.9. The van der Waals surface area contributed by atoms with Gasteiger partial charge in [0.1, 0.15) is 0 Å². The van der Waals surface area contributed by atoms with E-state index in [1.54, 1.807) is 11.3 Å². The lowest BCUT2D eigenvalue weighted by Gasteiger charge is -2.28. The van der Waals surface area contributed by atoms with Crippen LogP contribution in [0.15, 0.2) is 17.5 Å². The van der Waals surface area contributed by atoms with Gasteiger partial charge in [-0.3, -0.25) is 9.69 Å². The number of hydrogen-bond acceptors (Lipinski definition) is 6. The zero-order valence-electron chi connectivity index (χ0n) is 14.6. The third kappa shape index (κ3) is 5.51. The molecule has 140 valence electrons. The Balaban J connectivity index is 1.59. The molecule has 2 atom stereocenters. The molecule has 1 N–H and O–H groups in total. The summed E-state index contributed by atoms with van der Waals surface area (Å²) in [6.45, 7) is 4.30. The minimum atomic E-state index is -3.03. The van der Waals surface area contributed by atoms with Crippen LogP contribution in [0.2, 0.25) is 0 Å². The number of hydrogen-bond donors (Lipinski definition) is 1. The number of nitrogens with zero attached hydrogens (tertiary/aromatic N) is 1. The van der Waals surface area contributed by atoms with Gasteiger partial charge in [-0.2, -0.15) is 0 Å². The van der Waals surface area contributed by atoms with Crippen molar-refractivity contribution in [2.24, 2.45) is 0 Å². The summed E-state index contributed by atoms with van der Waals surface area (Å²) < 4.78 is 29.1. The van der Waals surface area contributed by atoms with Crippen molar-refractivity contribution in [2.45, 2.75) is 44.4 Å². The molecule has 0 aromatic carbocycles. The standard InChI is InChI=1S/C17H26N2O4S2/c1-17(6-9-25(21,22)13-17)18-16(20)12-19(10-14-4-2-7-23-14)11-15-5-3-8-24-15/h3,5,8,14H,2,4,6-7,9-13H2,1H3,(H,18,20)/t14-,17+/m1/s1. The Kier molecular flexibility index (Phi) is 5.82. The van der Waals surface area contributed by atoms with Gasteiger partial charge in [-0.15, -0.1) is 11.3 Å². The second-order valence-electron chi connectivity index (χ2n) is 7.33. The van der Waals surface area contributed by atoms with E-state index < -0.39 is 15.4 Å². The molecular weight excluding hydrogens is 360 g/mol. The summed E-state index contributed by atoms with van der Waals surface area (Å²) in [7, 11) is -3.03. The molecule has 0 bridgehead atoms. The number of carbonyl (C=O) groups excluding carboxylic acids is 1. The first kappa shape index (κ1) is 18.8. The van der Waals surface area contributed by atoms with Crippen LogP contribution in [-0.4, -0.2) is 62.1 Å². The summed E-state index contributed by atoms with van der Waals surface area (Å²) in [5.41, 5.74) is -0.644. The molecule has 2 fully saturated rings. The molecule has 1 amide bonds. The van der Waals surface area contributed by atoms with E-state index in [0.29, 0.717) is 13.0 Å². The van der Waals surface area contributed by atoms with Crippen LogP contribution in [0, 0.1) is 0 Å². The van der Waals surface area contributed by atoms with Crippen LogP contribution in [0.4, 0.5) is 0 Å². The number of thiophene rings is 1. The van der Waals surface area contributed by atoms with Crippen molar-refractivity contribution in [1.82, 2.24) is 10.2 Å². The summed E-state index contributed by atoms with van der Waals surface area (Å²) in [5, 5.41) is 4.98. The van der Waals surface area contributed by atoms with E-state index in [1.165, 1.54) is 4.88 Å². The van der Waals surface area contributed by atoms with Gasteiger partial charge < -0.3 is 10.1 Å². The number of rotatable bonds is 7. The predicted octanol–water partition coefficient (Wildman–Crippen LogP) is 1.42. The lowest BCUT2D eigenvalue weighted by atomic mass is 10.0. The van der Waals surface area contributed by atoms with Crippen LogP contribution in [-0.2, 0) is 25.9 Å². The second kappa shape index (κ2) is 7.73. The molecule has 6 nitrogen and oxygen atoms in total. The molecule has 1 aromatic heterocycles. The lowest BCUT2D eigenvalue weighted by Crippen LogP contribution is -2.50. The van der Waals surface area contributed by atoms with Gasteiger partial charge >= 0.3 is 0 Å². The van der Waals surface area contributed by atoms with Gasteiger partial charge in [0.15, 0.2) is 9.84 Å². The number of amides is 1. The maximum Gasteiger partial charge on any atom is 0.234 e. The van der Waals surface area contributed by atoms with Crippen LogP contribution in [0.25, 0.3) is 0 Å². The molecule has 3 rings (SSSR count). The highest BCUT2D eigenvalue weighted by Gasteiger charge is 2.39. The zero-order valence-corrected chi connectivity index (χ0v) is 16.2. The Morgan fingerprint density at radius 3 is 2.96 bits per heavy atom. The van der Waals surface area contributed by atoms with Crippen molar-refractivity contribution in [3.8, 4) is 0 Å². The van der Waals surface area contributed by atoms with Gasteiger partial charge in [0.05, 0.1) is 29.7 Å². The highest BCUT2D eigenvalue weighted by Crippen LogP contribution is 2.23.